The molecule has 0 aliphatic rings. The van der Waals surface area contributed by atoms with Crippen LogP contribution in [0.15, 0.2) is 48.5 Å². The summed E-state index contributed by atoms with van der Waals surface area (Å²) in [6.45, 7) is 0.508. The molecule has 0 radical (unpaired) electrons. The molecule has 0 saturated carbocycles. The maximum absolute atomic E-state index is 13.6. The molecule has 0 spiro atoms. The topological polar surface area (TPSA) is 69.6 Å². The normalized spacial score (nSPS) is 10.7. The Labute approximate surface area is 121 Å². The minimum Gasteiger partial charge on any atom is -0.399 e. The number of tetrazole rings is 1. The lowest BCUT2D eigenvalue weighted by Crippen LogP contribution is -2.06. The second-order valence-electron chi connectivity index (χ2n) is 4.69. The standard InChI is InChI=1S/C15H14FN5/c16-14-4-2-1-3-11(14)9-10-21-15(18-19-20-21)12-5-7-13(17)8-6-12/h1-8H,9-10,17H2. The molecule has 5 nitrogen and oxygen atoms in total. The SMILES string of the molecule is Nc1ccc(-c2nnnn2CCc2ccccc2F)cc1. The Kier molecular flexibility index (Phi) is 3.59. The molecule has 21 heavy (non-hydrogen) atoms. The molecule has 106 valence electrons. The Bertz CT molecular complexity index is 736. The Morgan fingerprint density at radius 3 is 2.57 bits per heavy atom. The van der Waals surface area contributed by atoms with Crippen LogP contribution in [0, 0.1) is 5.82 Å². The van der Waals surface area contributed by atoms with Gasteiger partial charge in [-0.25, -0.2) is 9.07 Å². The summed E-state index contributed by atoms with van der Waals surface area (Å²) in [4.78, 5) is 0. The average Bonchev–Trinajstić information content (AvgIpc) is 2.96. The first-order chi connectivity index (χ1) is 10.2. The summed E-state index contributed by atoms with van der Waals surface area (Å²) in [7, 11) is 0. The summed E-state index contributed by atoms with van der Waals surface area (Å²) in [5.74, 6) is 0.436. The molecule has 2 N–H and O–H groups in total. The van der Waals surface area contributed by atoms with Gasteiger partial charge in [-0.3, -0.25) is 0 Å². The van der Waals surface area contributed by atoms with Crippen LogP contribution in [0.1, 0.15) is 5.56 Å². The summed E-state index contributed by atoms with van der Waals surface area (Å²) in [5, 5.41) is 11.7. The van der Waals surface area contributed by atoms with Crippen molar-refractivity contribution in [2.45, 2.75) is 13.0 Å². The maximum atomic E-state index is 13.6. The molecule has 0 aliphatic carbocycles. The maximum Gasteiger partial charge on any atom is 0.182 e. The predicted octanol–water partition coefficient (Wildman–Crippen LogP) is 2.30. The zero-order chi connectivity index (χ0) is 14.7. The lowest BCUT2D eigenvalue weighted by atomic mass is 10.1. The van der Waals surface area contributed by atoms with Gasteiger partial charge in [0.2, 0.25) is 0 Å². The largest absolute Gasteiger partial charge is 0.399 e. The van der Waals surface area contributed by atoms with Crippen LogP contribution in [0.3, 0.4) is 0 Å². The Morgan fingerprint density at radius 2 is 1.81 bits per heavy atom. The number of benzene rings is 2. The molecule has 1 heterocycles. The minimum atomic E-state index is -0.209. The van der Waals surface area contributed by atoms with Gasteiger partial charge in [0.05, 0.1) is 0 Å². The molecular formula is C15H14FN5. The molecule has 0 amide bonds. The first-order valence-corrected chi connectivity index (χ1v) is 6.59. The molecule has 2 aromatic carbocycles. The van der Waals surface area contributed by atoms with Crippen LogP contribution in [-0.2, 0) is 13.0 Å². The van der Waals surface area contributed by atoms with Gasteiger partial charge in [0.1, 0.15) is 5.82 Å². The van der Waals surface area contributed by atoms with Gasteiger partial charge in [-0.2, -0.15) is 0 Å². The van der Waals surface area contributed by atoms with E-state index in [-0.39, 0.29) is 5.82 Å². The van der Waals surface area contributed by atoms with Crippen molar-refractivity contribution in [2.75, 3.05) is 5.73 Å². The number of hydrogen-bond donors (Lipinski definition) is 1. The van der Waals surface area contributed by atoms with Crippen LogP contribution in [0.25, 0.3) is 11.4 Å². The van der Waals surface area contributed by atoms with E-state index in [2.05, 4.69) is 15.5 Å². The number of rotatable bonds is 4. The number of anilines is 1. The molecule has 3 rings (SSSR count). The van der Waals surface area contributed by atoms with E-state index in [9.17, 15) is 4.39 Å². The fourth-order valence-electron chi connectivity index (χ4n) is 2.12. The molecule has 0 fully saturated rings. The Morgan fingerprint density at radius 1 is 1.05 bits per heavy atom. The van der Waals surface area contributed by atoms with Crippen molar-refractivity contribution < 1.29 is 4.39 Å². The van der Waals surface area contributed by atoms with Crippen molar-refractivity contribution in [3.05, 3.63) is 59.9 Å². The number of nitrogen functional groups attached to an aromatic ring is 1. The van der Waals surface area contributed by atoms with Crippen molar-refractivity contribution in [2.24, 2.45) is 0 Å². The summed E-state index contributed by atoms with van der Waals surface area (Å²) < 4.78 is 15.3. The highest BCUT2D eigenvalue weighted by atomic mass is 19.1. The van der Waals surface area contributed by atoms with Crippen molar-refractivity contribution in [3.63, 3.8) is 0 Å². The molecule has 6 heteroatoms. The molecule has 1 aromatic heterocycles. The highest BCUT2D eigenvalue weighted by Gasteiger charge is 2.09. The lowest BCUT2D eigenvalue weighted by molar-refractivity contribution is 0.563. The lowest BCUT2D eigenvalue weighted by Gasteiger charge is -2.06. The molecule has 0 aliphatic heterocycles. The highest BCUT2D eigenvalue weighted by Crippen LogP contribution is 2.18. The van der Waals surface area contributed by atoms with Crippen molar-refractivity contribution in [1.29, 1.82) is 0 Å². The van der Waals surface area contributed by atoms with Gasteiger partial charge >= 0.3 is 0 Å². The Balaban J connectivity index is 1.80. The number of aryl methyl sites for hydroxylation is 2. The molecular weight excluding hydrogens is 269 g/mol. The van der Waals surface area contributed by atoms with E-state index < -0.39 is 0 Å². The van der Waals surface area contributed by atoms with Gasteiger partial charge in [-0.05, 0) is 52.7 Å². The first kappa shape index (κ1) is 13.2. The molecule has 0 atom stereocenters. The third-order valence-electron chi connectivity index (χ3n) is 3.25. The smallest absolute Gasteiger partial charge is 0.182 e. The van der Waals surface area contributed by atoms with E-state index in [1.807, 2.05) is 18.2 Å². The third kappa shape index (κ3) is 2.89. The van der Waals surface area contributed by atoms with Crippen LogP contribution in [0.4, 0.5) is 10.1 Å². The number of halogens is 1. The van der Waals surface area contributed by atoms with Gasteiger partial charge in [0.15, 0.2) is 5.82 Å². The quantitative estimate of drug-likeness (QED) is 0.746. The first-order valence-electron chi connectivity index (χ1n) is 6.59. The van der Waals surface area contributed by atoms with E-state index in [0.29, 0.717) is 30.0 Å². The zero-order valence-electron chi connectivity index (χ0n) is 11.3. The summed E-state index contributed by atoms with van der Waals surface area (Å²) in [6, 6.07) is 14.0. The monoisotopic (exact) mass is 283 g/mol. The second kappa shape index (κ2) is 5.70. The summed E-state index contributed by atoms with van der Waals surface area (Å²) in [5.41, 5.74) is 7.88. The van der Waals surface area contributed by atoms with E-state index in [4.69, 9.17) is 5.73 Å². The van der Waals surface area contributed by atoms with Gasteiger partial charge in [-0.1, -0.05) is 18.2 Å². The third-order valence-corrected chi connectivity index (χ3v) is 3.25. The van der Waals surface area contributed by atoms with Gasteiger partial charge in [0, 0.05) is 17.8 Å². The molecule has 3 aromatic rings. The van der Waals surface area contributed by atoms with Crippen LogP contribution < -0.4 is 5.73 Å². The molecule has 0 bridgehead atoms. The van der Waals surface area contributed by atoms with Crippen molar-refractivity contribution >= 4 is 5.69 Å². The van der Waals surface area contributed by atoms with E-state index in [0.717, 1.165) is 5.56 Å². The van der Waals surface area contributed by atoms with Crippen LogP contribution in [-0.4, -0.2) is 20.2 Å². The van der Waals surface area contributed by atoms with Crippen molar-refractivity contribution in [3.8, 4) is 11.4 Å². The number of nitrogens with zero attached hydrogens (tertiary/aromatic N) is 4. The second-order valence-corrected chi connectivity index (χ2v) is 4.69. The predicted molar refractivity (Wildman–Crippen MR) is 77.8 cm³/mol. The van der Waals surface area contributed by atoms with E-state index >= 15 is 0 Å². The fraction of sp³-hybridized carbons (Fsp3) is 0.133. The zero-order valence-corrected chi connectivity index (χ0v) is 11.3. The van der Waals surface area contributed by atoms with Crippen LogP contribution in [0.2, 0.25) is 0 Å². The highest BCUT2D eigenvalue weighted by molar-refractivity contribution is 5.58. The number of aromatic nitrogens is 4. The fourth-order valence-corrected chi connectivity index (χ4v) is 2.12. The van der Waals surface area contributed by atoms with Gasteiger partial charge < -0.3 is 5.73 Å². The summed E-state index contributed by atoms with van der Waals surface area (Å²) in [6.07, 6.45) is 0.527. The van der Waals surface area contributed by atoms with Crippen LogP contribution >= 0.6 is 0 Å². The molecule has 0 saturated heterocycles. The number of nitrogens with two attached hydrogens (primary N) is 1. The minimum absolute atomic E-state index is 0.209. The van der Waals surface area contributed by atoms with Crippen molar-refractivity contribution in [1.82, 2.24) is 20.2 Å². The van der Waals surface area contributed by atoms with E-state index in [1.54, 1.807) is 28.9 Å². The average molecular weight is 283 g/mol. The van der Waals surface area contributed by atoms with Gasteiger partial charge in [0.25, 0.3) is 0 Å². The van der Waals surface area contributed by atoms with Gasteiger partial charge in [-0.15, -0.1) is 5.10 Å². The van der Waals surface area contributed by atoms with Crippen LogP contribution in [0.5, 0.6) is 0 Å². The number of hydrogen-bond acceptors (Lipinski definition) is 4. The summed E-state index contributed by atoms with van der Waals surface area (Å²) >= 11 is 0. The molecule has 0 unspecified atom stereocenters. The van der Waals surface area contributed by atoms with E-state index in [1.165, 1.54) is 6.07 Å². The Hall–Kier alpha value is -2.76.